The summed E-state index contributed by atoms with van der Waals surface area (Å²) in [4.78, 5) is 0. The van der Waals surface area contributed by atoms with Crippen molar-refractivity contribution in [1.29, 1.82) is 0 Å². The molecule has 0 aromatic carbocycles. The summed E-state index contributed by atoms with van der Waals surface area (Å²) < 4.78 is 4.42. The first-order valence-corrected chi connectivity index (χ1v) is 2.10. The van der Waals surface area contributed by atoms with Gasteiger partial charge in [-0.2, -0.15) is 0 Å². The summed E-state index contributed by atoms with van der Waals surface area (Å²) in [6.45, 7) is 2.34. The Morgan fingerprint density at radius 3 is 3.00 bits per heavy atom. The number of hydrogen-bond acceptors (Lipinski definition) is 2. The molecule has 0 aromatic heterocycles. The number of allylic oxidation sites excluding steroid dienone is 1. The van der Waals surface area contributed by atoms with Gasteiger partial charge >= 0.3 is 7.69 Å². The summed E-state index contributed by atoms with van der Waals surface area (Å²) in [6.07, 6.45) is 3.65. The second-order valence-electron chi connectivity index (χ2n) is 1.01. The van der Waals surface area contributed by atoms with Crippen LogP contribution >= 0.6 is 0 Å². The van der Waals surface area contributed by atoms with Gasteiger partial charge in [0, 0.05) is 6.61 Å². The zero-order valence-electron chi connectivity index (χ0n) is 4.29. The van der Waals surface area contributed by atoms with E-state index in [1.165, 1.54) is 0 Å². The Balaban J connectivity index is 2.69. The Bertz CT molecular complexity index is 53.7. The molecule has 0 unspecified atom stereocenters. The van der Waals surface area contributed by atoms with E-state index in [-0.39, 0.29) is 0 Å². The molecular formula is C4H8BO2. The van der Waals surface area contributed by atoms with Gasteiger partial charge in [-0.1, -0.05) is 12.2 Å². The molecule has 7 heavy (non-hydrogen) atoms. The molecule has 0 aliphatic carbocycles. The van der Waals surface area contributed by atoms with Crippen molar-refractivity contribution in [2.45, 2.75) is 6.92 Å². The summed E-state index contributed by atoms with van der Waals surface area (Å²) in [5, 5.41) is 7.91. The van der Waals surface area contributed by atoms with Crippen LogP contribution in [0, 0.1) is 0 Å². The lowest BCUT2D eigenvalue weighted by atomic mass is 10.4. The summed E-state index contributed by atoms with van der Waals surface area (Å²) in [5.41, 5.74) is 0. The molecule has 0 bridgehead atoms. The normalized spacial score (nSPS) is 10.0. The predicted molar refractivity (Wildman–Crippen MR) is 28.7 cm³/mol. The molecule has 3 heteroatoms. The molecule has 0 saturated carbocycles. The molecule has 0 heterocycles. The molecule has 0 aromatic rings. The average molecular weight is 98.9 g/mol. The maximum Gasteiger partial charge on any atom is 0.485 e. The number of rotatable bonds is 3. The van der Waals surface area contributed by atoms with Crippen molar-refractivity contribution in [3.63, 3.8) is 0 Å². The van der Waals surface area contributed by atoms with E-state index in [0.29, 0.717) is 14.3 Å². The van der Waals surface area contributed by atoms with Gasteiger partial charge in [-0.3, -0.25) is 0 Å². The molecule has 0 rings (SSSR count). The first-order chi connectivity index (χ1) is 3.41. The van der Waals surface area contributed by atoms with Gasteiger partial charge in [0.15, 0.2) is 0 Å². The molecule has 2 nitrogen and oxygen atoms in total. The van der Waals surface area contributed by atoms with Gasteiger partial charge in [0.25, 0.3) is 0 Å². The maximum atomic E-state index is 7.91. The van der Waals surface area contributed by atoms with Gasteiger partial charge in [-0.25, -0.2) is 0 Å². The maximum absolute atomic E-state index is 7.91. The van der Waals surface area contributed by atoms with Crippen LogP contribution in [0.4, 0.5) is 0 Å². The highest BCUT2D eigenvalue weighted by Gasteiger charge is 1.77. The number of hydrogen-bond donors (Lipinski definition) is 1. The third kappa shape index (κ3) is 5.72. The van der Waals surface area contributed by atoms with Gasteiger partial charge in [-0.15, -0.1) is 0 Å². The SMILES string of the molecule is C/C=C/CO[B]O. The minimum absolute atomic E-state index is 0.451. The standard InChI is InChI=1S/C4H8BO2/c1-2-3-4-7-5-6/h2-3,6H,4H2,1H3/b3-2+. The van der Waals surface area contributed by atoms with E-state index >= 15 is 0 Å². The van der Waals surface area contributed by atoms with Crippen LogP contribution in [0.25, 0.3) is 0 Å². The Morgan fingerprint density at radius 2 is 2.57 bits per heavy atom. The van der Waals surface area contributed by atoms with Crippen LogP contribution in [-0.2, 0) is 4.65 Å². The average Bonchev–Trinajstić information content (AvgIpc) is 1.69. The lowest BCUT2D eigenvalue weighted by Gasteiger charge is -1.86. The third-order valence-corrected chi connectivity index (χ3v) is 0.503. The van der Waals surface area contributed by atoms with E-state index in [4.69, 9.17) is 5.02 Å². The van der Waals surface area contributed by atoms with Crippen LogP contribution in [0.2, 0.25) is 0 Å². The first-order valence-electron chi connectivity index (χ1n) is 2.10. The van der Waals surface area contributed by atoms with Crippen molar-refractivity contribution < 1.29 is 9.68 Å². The second-order valence-corrected chi connectivity index (χ2v) is 1.01. The van der Waals surface area contributed by atoms with Gasteiger partial charge in [-0.05, 0) is 6.92 Å². The van der Waals surface area contributed by atoms with Gasteiger partial charge in [0.2, 0.25) is 0 Å². The zero-order valence-corrected chi connectivity index (χ0v) is 4.29. The summed E-state index contributed by atoms with van der Waals surface area (Å²) in [6, 6.07) is 0. The Hall–Kier alpha value is -0.275. The van der Waals surface area contributed by atoms with Crippen LogP contribution in [-0.4, -0.2) is 19.3 Å². The molecular weight excluding hydrogens is 90.9 g/mol. The Kier molecular flexibility index (Phi) is 5.50. The molecule has 1 N–H and O–H groups in total. The minimum atomic E-state index is 0.451. The minimum Gasteiger partial charge on any atom is -0.429 e. The molecule has 0 saturated heterocycles. The summed E-state index contributed by atoms with van der Waals surface area (Å²) >= 11 is 0. The molecule has 0 amide bonds. The fraction of sp³-hybridized carbons (Fsp3) is 0.500. The Labute approximate surface area is 44.1 Å². The van der Waals surface area contributed by atoms with Gasteiger partial charge in [0.1, 0.15) is 0 Å². The lowest BCUT2D eigenvalue weighted by Crippen LogP contribution is -1.95. The van der Waals surface area contributed by atoms with Crippen LogP contribution in [0.15, 0.2) is 12.2 Å². The second kappa shape index (κ2) is 5.72. The molecule has 1 radical (unpaired) electrons. The highest BCUT2D eigenvalue weighted by molar-refractivity contribution is 6.15. The van der Waals surface area contributed by atoms with Gasteiger partial charge in [0.05, 0.1) is 0 Å². The van der Waals surface area contributed by atoms with Gasteiger partial charge < -0.3 is 9.68 Å². The third-order valence-electron chi connectivity index (χ3n) is 0.503. The predicted octanol–water partition coefficient (Wildman–Crippen LogP) is 0.106. The largest absolute Gasteiger partial charge is 0.485 e. The van der Waals surface area contributed by atoms with E-state index in [2.05, 4.69) is 4.65 Å². The smallest absolute Gasteiger partial charge is 0.429 e. The van der Waals surface area contributed by atoms with Crippen LogP contribution in [0.1, 0.15) is 6.92 Å². The van der Waals surface area contributed by atoms with E-state index in [0.717, 1.165) is 0 Å². The highest BCUT2D eigenvalue weighted by Crippen LogP contribution is 1.70. The van der Waals surface area contributed by atoms with Crippen LogP contribution < -0.4 is 0 Å². The quantitative estimate of drug-likeness (QED) is 0.309. The molecule has 0 spiro atoms. The van der Waals surface area contributed by atoms with E-state index in [1.807, 2.05) is 13.0 Å². The molecule has 0 fully saturated rings. The lowest BCUT2D eigenvalue weighted by molar-refractivity contribution is 0.320. The first kappa shape index (κ1) is 6.72. The van der Waals surface area contributed by atoms with Crippen molar-refractivity contribution in [3.8, 4) is 0 Å². The summed E-state index contributed by atoms with van der Waals surface area (Å²) in [7, 11) is 0.681. The molecule has 0 atom stereocenters. The molecule has 0 aliphatic rings. The van der Waals surface area contributed by atoms with Crippen molar-refractivity contribution in [2.24, 2.45) is 0 Å². The zero-order chi connectivity index (χ0) is 5.54. The molecule has 39 valence electrons. The van der Waals surface area contributed by atoms with E-state index < -0.39 is 0 Å². The monoisotopic (exact) mass is 99.1 g/mol. The summed E-state index contributed by atoms with van der Waals surface area (Å²) in [5.74, 6) is 0. The fourth-order valence-corrected chi connectivity index (χ4v) is 0.195. The van der Waals surface area contributed by atoms with Crippen LogP contribution in [0.5, 0.6) is 0 Å². The van der Waals surface area contributed by atoms with Crippen molar-refractivity contribution in [2.75, 3.05) is 6.61 Å². The fourth-order valence-electron chi connectivity index (χ4n) is 0.195. The van der Waals surface area contributed by atoms with Crippen molar-refractivity contribution in [3.05, 3.63) is 12.2 Å². The topological polar surface area (TPSA) is 29.5 Å². The van der Waals surface area contributed by atoms with E-state index in [9.17, 15) is 0 Å². The van der Waals surface area contributed by atoms with Crippen molar-refractivity contribution in [1.82, 2.24) is 0 Å². The van der Waals surface area contributed by atoms with Crippen LogP contribution in [0.3, 0.4) is 0 Å². The highest BCUT2D eigenvalue weighted by atomic mass is 16.5. The van der Waals surface area contributed by atoms with Crippen molar-refractivity contribution >= 4 is 7.69 Å². The molecule has 0 aliphatic heterocycles. The van der Waals surface area contributed by atoms with E-state index in [1.54, 1.807) is 6.08 Å². The Morgan fingerprint density at radius 1 is 1.86 bits per heavy atom.